The Morgan fingerprint density at radius 2 is 1.87 bits per heavy atom. The molecule has 0 aliphatic carbocycles. The number of hydrogen-bond acceptors (Lipinski definition) is 2. The van der Waals surface area contributed by atoms with Gasteiger partial charge in [-0.2, -0.15) is 0 Å². The summed E-state index contributed by atoms with van der Waals surface area (Å²) in [6.45, 7) is 6.05. The summed E-state index contributed by atoms with van der Waals surface area (Å²) >= 11 is 0. The molecule has 82 valence electrons. The minimum atomic E-state index is -0.168. The summed E-state index contributed by atoms with van der Waals surface area (Å²) in [5, 5.41) is 2.96. The Labute approximate surface area is 90.7 Å². The van der Waals surface area contributed by atoms with Crippen LogP contribution in [-0.2, 0) is 0 Å². The second kappa shape index (κ2) is 4.34. The number of nitrogens with two attached hydrogens (primary N) is 1. The minimum absolute atomic E-state index is 0.0538. The van der Waals surface area contributed by atoms with Crippen molar-refractivity contribution in [3.63, 3.8) is 0 Å². The van der Waals surface area contributed by atoms with Crippen LogP contribution in [0.5, 0.6) is 0 Å². The summed E-state index contributed by atoms with van der Waals surface area (Å²) in [6.07, 6.45) is 0.897. The van der Waals surface area contributed by atoms with Crippen LogP contribution < -0.4 is 11.1 Å². The minimum Gasteiger partial charge on any atom is -0.399 e. The van der Waals surface area contributed by atoms with Gasteiger partial charge in [0.05, 0.1) is 0 Å². The molecule has 1 rings (SSSR count). The van der Waals surface area contributed by atoms with Gasteiger partial charge in [0.15, 0.2) is 0 Å². The van der Waals surface area contributed by atoms with E-state index in [9.17, 15) is 4.79 Å². The zero-order valence-corrected chi connectivity index (χ0v) is 9.50. The van der Waals surface area contributed by atoms with Crippen LogP contribution in [0, 0.1) is 0 Å². The van der Waals surface area contributed by atoms with Gasteiger partial charge in [-0.1, -0.05) is 6.92 Å². The Bertz CT molecular complexity index is 341. The van der Waals surface area contributed by atoms with Crippen LogP contribution in [0.3, 0.4) is 0 Å². The van der Waals surface area contributed by atoms with Crippen LogP contribution in [0.2, 0.25) is 0 Å². The first-order valence-electron chi connectivity index (χ1n) is 5.12. The predicted molar refractivity (Wildman–Crippen MR) is 62.7 cm³/mol. The lowest BCUT2D eigenvalue weighted by molar-refractivity contribution is 0.0911. The molecular formula is C12H18N2O. The summed E-state index contributed by atoms with van der Waals surface area (Å²) in [5.74, 6) is -0.0538. The fourth-order valence-electron chi connectivity index (χ4n) is 1.10. The highest BCUT2D eigenvalue weighted by atomic mass is 16.1. The molecule has 3 heteroatoms. The van der Waals surface area contributed by atoms with E-state index >= 15 is 0 Å². The van der Waals surface area contributed by atoms with Crippen molar-refractivity contribution in [1.29, 1.82) is 0 Å². The monoisotopic (exact) mass is 206 g/mol. The molecule has 0 atom stereocenters. The average Bonchev–Trinajstić information content (AvgIpc) is 2.18. The number of rotatable bonds is 3. The van der Waals surface area contributed by atoms with Gasteiger partial charge in [-0.25, -0.2) is 0 Å². The standard InChI is InChI=1S/C12H18N2O/c1-4-12(2,3)14-11(15)9-5-7-10(13)8-6-9/h5-8H,4,13H2,1-3H3,(H,14,15). The maximum Gasteiger partial charge on any atom is 0.251 e. The largest absolute Gasteiger partial charge is 0.399 e. The molecule has 1 amide bonds. The zero-order valence-electron chi connectivity index (χ0n) is 9.50. The van der Waals surface area contributed by atoms with Crippen LogP contribution in [0.1, 0.15) is 37.6 Å². The van der Waals surface area contributed by atoms with Gasteiger partial charge in [-0.3, -0.25) is 4.79 Å². The van der Waals surface area contributed by atoms with Crippen molar-refractivity contribution in [1.82, 2.24) is 5.32 Å². The van der Waals surface area contributed by atoms with Crippen molar-refractivity contribution in [2.24, 2.45) is 0 Å². The molecular weight excluding hydrogens is 188 g/mol. The van der Waals surface area contributed by atoms with Crippen LogP contribution in [0.15, 0.2) is 24.3 Å². The first-order chi connectivity index (χ1) is 6.94. The molecule has 0 unspecified atom stereocenters. The quantitative estimate of drug-likeness (QED) is 0.745. The maximum absolute atomic E-state index is 11.8. The highest BCUT2D eigenvalue weighted by molar-refractivity contribution is 5.94. The number of carbonyl (C=O) groups excluding carboxylic acids is 1. The van der Waals surface area contributed by atoms with E-state index in [1.165, 1.54) is 0 Å². The SMILES string of the molecule is CCC(C)(C)NC(=O)c1ccc(N)cc1. The number of hydrogen-bond donors (Lipinski definition) is 2. The third-order valence-electron chi connectivity index (χ3n) is 2.51. The molecule has 0 aromatic heterocycles. The molecule has 3 nitrogen and oxygen atoms in total. The first kappa shape index (κ1) is 11.6. The Balaban J connectivity index is 2.74. The Morgan fingerprint density at radius 1 is 1.33 bits per heavy atom. The summed E-state index contributed by atoms with van der Waals surface area (Å²) in [7, 11) is 0. The zero-order chi connectivity index (χ0) is 11.5. The van der Waals surface area contributed by atoms with Crippen molar-refractivity contribution in [3.05, 3.63) is 29.8 Å². The second-order valence-corrected chi connectivity index (χ2v) is 4.31. The molecule has 1 aromatic carbocycles. The van der Waals surface area contributed by atoms with E-state index in [4.69, 9.17) is 5.73 Å². The van der Waals surface area contributed by atoms with Gasteiger partial charge in [0, 0.05) is 16.8 Å². The first-order valence-corrected chi connectivity index (χ1v) is 5.12. The lowest BCUT2D eigenvalue weighted by atomic mass is 10.0. The van der Waals surface area contributed by atoms with Crippen molar-refractivity contribution in [2.75, 3.05) is 5.73 Å². The number of anilines is 1. The van der Waals surface area contributed by atoms with Crippen molar-refractivity contribution in [3.8, 4) is 0 Å². The van der Waals surface area contributed by atoms with Crippen LogP contribution >= 0.6 is 0 Å². The Kier molecular flexibility index (Phi) is 3.35. The number of carbonyl (C=O) groups is 1. The van der Waals surface area contributed by atoms with E-state index in [0.29, 0.717) is 11.3 Å². The molecule has 0 spiro atoms. The fourth-order valence-corrected chi connectivity index (χ4v) is 1.10. The number of nitrogen functional groups attached to an aromatic ring is 1. The van der Waals surface area contributed by atoms with E-state index in [-0.39, 0.29) is 11.4 Å². The van der Waals surface area contributed by atoms with E-state index in [0.717, 1.165) is 6.42 Å². The molecule has 0 saturated heterocycles. The van der Waals surface area contributed by atoms with E-state index in [1.807, 2.05) is 20.8 Å². The third kappa shape index (κ3) is 3.27. The highest BCUT2D eigenvalue weighted by Crippen LogP contribution is 2.10. The fraction of sp³-hybridized carbons (Fsp3) is 0.417. The molecule has 0 heterocycles. The summed E-state index contributed by atoms with van der Waals surface area (Å²) in [6, 6.07) is 6.93. The number of amides is 1. The molecule has 0 aliphatic heterocycles. The lowest BCUT2D eigenvalue weighted by Crippen LogP contribution is -2.42. The molecule has 15 heavy (non-hydrogen) atoms. The molecule has 3 N–H and O–H groups in total. The van der Waals surface area contributed by atoms with Gasteiger partial charge in [0.2, 0.25) is 0 Å². The van der Waals surface area contributed by atoms with Gasteiger partial charge >= 0.3 is 0 Å². The second-order valence-electron chi connectivity index (χ2n) is 4.31. The summed E-state index contributed by atoms with van der Waals surface area (Å²) < 4.78 is 0. The van der Waals surface area contributed by atoms with Crippen molar-refractivity contribution in [2.45, 2.75) is 32.7 Å². The Morgan fingerprint density at radius 3 is 2.33 bits per heavy atom. The third-order valence-corrected chi connectivity index (χ3v) is 2.51. The normalized spacial score (nSPS) is 11.1. The number of benzene rings is 1. The number of nitrogens with one attached hydrogen (secondary N) is 1. The molecule has 0 aliphatic rings. The van der Waals surface area contributed by atoms with Crippen LogP contribution in [-0.4, -0.2) is 11.4 Å². The van der Waals surface area contributed by atoms with Gasteiger partial charge < -0.3 is 11.1 Å². The molecule has 0 saturated carbocycles. The topological polar surface area (TPSA) is 55.1 Å². The van der Waals surface area contributed by atoms with Crippen LogP contribution in [0.4, 0.5) is 5.69 Å². The van der Waals surface area contributed by atoms with Gasteiger partial charge in [-0.05, 0) is 44.5 Å². The van der Waals surface area contributed by atoms with Crippen molar-refractivity contribution >= 4 is 11.6 Å². The molecule has 0 fully saturated rings. The van der Waals surface area contributed by atoms with Gasteiger partial charge in [0.1, 0.15) is 0 Å². The molecule has 0 radical (unpaired) electrons. The van der Waals surface area contributed by atoms with E-state index in [2.05, 4.69) is 5.32 Å². The highest BCUT2D eigenvalue weighted by Gasteiger charge is 2.18. The van der Waals surface area contributed by atoms with Gasteiger partial charge in [-0.15, -0.1) is 0 Å². The predicted octanol–water partition coefficient (Wildman–Crippen LogP) is 2.19. The van der Waals surface area contributed by atoms with Crippen LogP contribution in [0.25, 0.3) is 0 Å². The lowest BCUT2D eigenvalue weighted by Gasteiger charge is -2.24. The smallest absolute Gasteiger partial charge is 0.251 e. The van der Waals surface area contributed by atoms with E-state index in [1.54, 1.807) is 24.3 Å². The van der Waals surface area contributed by atoms with Gasteiger partial charge in [0.25, 0.3) is 5.91 Å². The molecule has 0 bridgehead atoms. The summed E-state index contributed by atoms with van der Waals surface area (Å²) in [4.78, 5) is 11.8. The average molecular weight is 206 g/mol. The van der Waals surface area contributed by atoms with E-state index < -0.39 is 0 Å². The van der Waals surface area contributed by atoms with Crippen molar-refractivity contribution < 1.29 is 4.79 Å². The summed E-state index contributed by atoms with van der Waals surface area (Å²) in [5.41, 5.74) is 6.69. The Hall–Kier alpha value is -1.51. The molecule has 1 aromatic rings. The maximum atomic E-state index is 11.8.